The quantitative estimate of drug-likeness (QED) is 0.771. The summed E-state index contributed by atoms with van der Waals surface area (Å²) < 4.78 is 1.81. The van der Waals surface area contributed by atoms with Gasteiger partial charge >= 0.3 is 0 Å². The van der Waals surface area contributed by atoms with Crippen molar-refractivity contribution >= 4 is 5.91 Å². The molecule has 1 amide bonds. The largest absolute Gasteiger partial charge is 0.353 e. The fraction of sp³-hybridized carbons (Fsp3) is 0.600. The molecule has 1 aromatic heterocycles. The molecule has 0 unspecified atom stereocenters. The fourth-order valence-electron chi connectivity index (χ4n) is 1.33. The first kappa shape index (κ1) is 9.24. The van der Waals surface area contributed by atoms with Crippen LogP contribution < -0.4 is 5.32 Å². The van der Waals surface area contributed by atoms with Crippen LogP contribution in [0.25, 0.3) is 0 Å². The normalized spacial score (nSPS) is 15.5. The molecule has 0 aromatic carbocycles. The topological polar surface area (TPSA) is 46.9 Å². The van der Waals surface area contributed by atoms with Crippen LogP contribution in [0.3, 0.4) is 0 Å². The molecule has 1 aliphatic rings. The minimum absolute atomic E-state index is 0.139. The Hall–Kier alpha value is -1.32. The molecule has 0 saturated heterocycles. The van der Waals surface area contributed by atoms with Gasteiger partial charge in [-0.05, 0) is 25.8 Å². The van der Waals surface area contributed by atoms with Gasteiger partial charge in [-0.15, -0.1) is 0 Å². The highest BCUT2D eigenvalue weighted by Crippen LogP contribution is 2.18. The number of nitrogens with zero attached hydrogens (tertiary/aromatic N) is 2. The number of aryl methyl sites for hydroxylation is 2. The zero-order valence-corrected chi connectivity index (χ0v) is 8.36. The minimum atomic E-state index is 0.139. The Morgan fingerprint density at radius 1 is 1.71 bits per heavy atom. The summed E-state index contributed by atoms with van der Waals surface area (Å²) in [5.74, 6) is 0.139. The van der Waals surface area contributed by atoms with Crippen molar-refractivity contribution in [2.45, 2.75) is 38.8 Å². The summed E-state index contributed by atoms with van der Waals surface area (Å²) in [5.41, 5.74) is 0.993. The van der Waals surface area contributed by atoms with Crippen molar-refractivity contribution in [3.8, 4) is 0 Å². The monoisotopic (exact) mass is 193 g/mol. The van der Waals surface area contributed by atoms with E-state index in [-0.39, 0.29) is 5.91 Å². The van der Waals surface area contributed by atoms with Crippen LogP contribution in [0.5, 0.6) is 0 Å². The lowest BCUT2D eigenvalue weighted by Gasteiger charge is -2.02. The van der Waals surface area contributed by atoms with Gasteiger partial charge in [0.15, 0.2) is 0 Å². The molecule has 14 heavy (non-hydrogen) atoms. The summed E-state index contributed by atoms with van der Waals surface area (Å²) >= 11 is 0. The van der Waals surface area contributed by atoms with Gasteiger partial charge in [-0.3, -0.25) is 9.48 Å². The minimum Gasteiger partial charge on any atom is -0.353 e. The van der Waals surface area contributed by atoms with E-state index >= 15 is 0 Å². The second-order valence-electron chi connectivity index (χ2n) is 3.81. The first-order chi connectivity index (χ1) is 6.74. The number of hydrogen-bond donors (Lipinski definition) is 1. The highest BCUT2D eigenvalue weighted by Gasteiger charge is 2.22. The number of rotatable bonds is 4. The molecule has 1 N–H and O–H groups in total. The number of hydrogen-bond acceptors (Lipinski definition) is 2. The van der Waals surface area contributed by atoms with Crippen LogP contribution in [0.15, 0.2) is 12.3 Å². The summed E-state index contributed by atoms with van der Waals surface area (Å²) in [6.07, 6.45) is 4.72. The van der Waals surface area contributed by atoms with E-state index in [2.05, 4.69) is 10.4 Å². The highest BCUT2D eigenvalue weighted by atomic mass is 16.1. The van der Waals surface area contributed by atoms with Gasteiger partial charge < -0.3 is 5.32 Å². The molecule has 0 bridgehead atoms. The lowest BCUT2D eigenvalue weighted by atomic mass is 10.4. The molecule has 0 radical (unpaired) electrons. The lowest BCUT2D eigenvalue weighted by Crippen LogP contribution is -2.26. The van der Waals surface area contributed by atoms with Crippen molar-refractivity contribution < 1.29 is 4.79 Å². The van der Waals surface area contributed by atoms with E-state index < -0.39 is 0 Å². The molecule has 4 nitrogen and oxygen atoms in total. The summed E-state index contributed by atoms with van der Waals surface area (Å²) in [6, 6.07) is 2.40. The SMILES string of the molecule is Cc1ccn(CCC(=O)NC2CC2)n1. The molecule has 0 aliphatic heterocycles. The van der Waals surface area contributed by atoms with Crippen molar-refractivity contribution in [3.63, 3.8) is 0 Å². The van der Waals surface area contributed by atoms with Crippen LogP contribution in [0.4, 0.5) is 0 Å². The summed E-state index contributed by atoms with van der Waals surface area (Å²) in [4.78, 5) is 11.3. The molecule has 1 aromatic rings. The van der Waals surface area contributed by atoms with Gasteiger partial charge in [0.05, 0.1) is 5.69 Å². The molecule has 76 valence electrons. The van der Waals surface area contributed by atoms with E-state index in [4.69, 9.17) is 0 Å². The van der Waals surface area contributed by atoms with Gasteiger partial charge in [0.2, 0.25) is 5.91 Å². The van der Waals surface area contributed by atoms with Crippen molar-refractivity contribution in [2.75, 3.05) is 0 Å². The molecule has 1 heterocycles. The van der Waals surface area contributed by atoms with Gasteiger partial charge in [-0.25, -0.2) is 0 Å². The van der Waals surface area contributed by atoms with Gasteiger partial charge in [0.25, 0.3) is 0 Å². The molecule has 1 fully saturated rings. The van der Waals surface area contributed by atoms with Gasteiger partial charge in [-0.1, -0.05) is 0 Å². The third-order valence-corrected chi connectivity index (χ3v) is 2.28. The van der Waals surface area contributed by atoms with Gasteiger partial charge in [-0.2, -0.15) is 5.10 Å². The molecule has 4 heteroatoms. The first-order valence-electron chi connectivity index (χ1n) is 5.03. The molecule has 2 rings (SSSR count). The molecule has 1 saturated carbocycles. The molecule has 0 spiro atoms. The molecule has 1 aliphatic carbocycles. The van der Waals surface area contributed by atoms with E-state index in [1.54, 1.807) is 0 Å². The zero-order valence-electron chi connectivity index (χ0n) is 8.36. The Morgan fingerprint density at radius 2 is 2.50 bits per heavy atom. The Labute approximate surface area is 83.3 Å². The van der Waals surface area contributed by atoms with Crippen LogP contribution in [0.2, 0.25) is 0 Å². The Balaban J connectivity index is 1.73. The van der Waals surface area contributed by atoms with Crippen molar-refractivity contribution in [1.82, 2.24) is 15.1 Å². The summed E-state index contributed by atoms with van der Waals surface area (Å²) in [6.45, 7) is 2.62. The Morgan fingerprint density at radius 3 is 3.07 bits per heavy atom. The number of amides is 1. The van der Waals surface area contributed by atoms with Gasteiger partial charge in [0.1, 0.15) is 0 Å². The van der Waals surface area contributed by atoms with E-state index in [1.165, 1.54) is 0 Å². The zero-order chi connectivity index (χ0) is 9.97. The van der Waals surface area contributed by atoms with Crippen molar-refractivity contribution in [3.05, 3.63) is 18.0 Å². The molecular weight excluding hydrogens is 178 g/mol. The second kappa shape index (κ2) is 3.82. The van der Waals surface area contributed by atoms with Gasteiger partial charge in [0, 0.05) is 25.2 Å². The molecular formula is C10H15N3O. The van der Waals surface area contributed by atoms with Crippen molar-refractivity contribution in [2.24, 2.45) is 0 Å². The van der Waals surface area contributed by atoms with Crippen molar-refractivity contribution in [1.29, 1.82) is 0 Å². The summed E-state index contributed by atoms with van der Waals surface area (Å²) in [7, 11) is 0. The third kappa shape index (κ3) is 2.58. The van der Waals surface area contributed by atoms with E-state index in [0.29, 0.717) is 19.0 Å². The number of aromatic nitrogens is 2. The fourth-order valence-corrected chi connectivity index (χ4v) is 1.33. The van der Waals surface area contributed by atoms with Crippen LogP contribution >= 0.6 is 0 Å². The number of carbonyl (C=O) groups is 1. The Kier molecular flexibility index (Phi) is 2.52. The molecule has 0 atom stereocenters. The number of carbonyl (C=O) groups excluding carboxylic acids is 1. The highest BCUT2D eigenvalue weighted by molar-refractivity contribution is 5.76. The first-order valence-corrected chi connectivity index (χ1v) is 5.03. The third-order valence-electron chi connectivity index (χ3n) is 2.28. The second-order valence-corrected chi connectivity index (χ2v) is 3.81. The predicted molar refractivity (Wildman–Crippen MR) is 52.7 cm³/mol. The lowest BCUT2D eigenvalue weighted by molar-refractivity contribution is -0.121. The summed E-state index contributed by atoms with van der Waals surface area (Å²) in [5, 5.41) is 7.16. The maximum Gasteiger partial charge on any atom is 0.222 e. The standard InChI is InChI=1S/C10H15N3O/c1-8-4-6-13(12-8)7-5-10(14)11-9-2-3-9/h4,6,9H,2-3,5,7H2,1H3,(H,11,14). The van der Waals surface area contributed by atoms with E-state index in [9.17, 15) is 4.79 Å². The smallest absolute Gasteiger partial charge is 0.222 e. The van der Waals surface area contributed by atoms with Crippen LogP contribution in [-0.2, 0) is 11.3 Å². The van der Waals surface area contributed by atoms with Crippen LogP contribution in [0, 0.1) is 6.92 Å². The van der Waals surface area contributed by atoms with Crippen LogP contribution in [0.1, 0.15) is 25.0 Å². The van der Waals surface area contributed by atoms with E-state index in [0.717, 1.165) is 18.5 Å². The average molecular weight is 193 g/mol. The van der Waals surface area contributed by atoms with Crippen LogP contribution in [-0.4, -0.2) is 21.7 Å². The maximum absolute atomic E-state index is 11.3. The maximum atomic E-state index is 11.3. The Bertz CT molecular complexity index is 328. The van der Waals surface area contributed by atoms with E-state index in [1.807, 2.05) is 23.9 Å². The predicted octanol–water partition coefficient (Wildman–Crippen LogP) is 0.860. The average Bonchev–Trinajstić information content (AvgIpc) is 2.85. The number of nitrogens with one attached hydrogen (secondary N) is 1.